The van der Waals surface area contributed by atoms with Gasteiger partial charge in [-0.25, -0.2) is 12.7 Å². The molecule has 0 atom stereocenters. The lowest BCUT2D eigenvalue weighted by atomic mass is 10.2. The molecule has 0 spiro atoms. The standard InChI is InChI=1S/C19H25N3O5S/c1-13(2)12-27-18-11-20-15(9-17(18)23)10-21-19(24)14-5-7-16(8-6-14)28(25,26)22(3)4/h5-9,11,13H,10,12H2,1-4H3,(H,20,23)(H,21,24). The third-order valence-electron chi connectivity index (χ3n) is 3.84. The van der Waals surface area contributed by atoms with Gasteiger partial charge in [0.15, 0.2) is 5.75 Å². The van der Waals surface area contributed by atoms with Crippen molar-refractivity contribution in [3.8, 4) is 5.75 Å². The monoisotopic (exact) mass is 407 g/mol. The Kier molecular flexibility index (Phi) is 6.98. The highest BCUT2D eigenvalue weighted by molar-refractivity contribution is 7.89. The van der Waals surface area contributed by atoms with E-state index in [1.165, 1.54) is 50.6 Å². The largest absolute Gasteiger partial charge is 0.488 e. The van der Waals surface area contributed by atoms with Crippen molar-refractivity contribution in [2.75, 3.05) is 20.7 Å². The number of nitrogens with one attached hydrogen (secondary N) is 2. The number of carbonyl (C=O) groups is 1. The van der Waals surface area contributed by atoms with Crippen LogP contribution in [0.5, 0.6) is 5.75 Å². The first-order chi connectivity index (χ1) is 13.1. The van der Waals surface area contributed by atoms with Gasteiger partial charge in [-0.2, -0.15) is 0 Å². The summed E-state index contributed by atoms with van der Waals surface area (Å²) >= 11 is 0. The van der Waals surface area contributed by atoms with E-state index in [4.69, 9.17) is 4.74 Å². The Morgan fingerprint density at radius 1 is 1.21 bits per heavy atom. The number of hydrogen-bond acceptors (Lipinski definition) is 5. The van der Waals surface area contributed by atoms with E-state index in [-0.39, 0.29) is 28.5 Å². The molecule has 1 aromatic carbocycles. The fourth-order valence-corrected chi connectivity index (χ4v) is 3.14. The molecular weight excluding hydrogens is 382 g/mol. The Labute approximate surface area is 164 Å². The third-order valence-corrected chi connectivity index (χ3v) is 5.67. The van der Waals surface area contributed by atoms with Crippen molar-refractivity contribution in [3.05, 3.63) is 58.0 Å². The second-order valence-corrected chi connectivity index (χ2v) is 9.04. The smallest absolute Gasteiger partial charge is 0.251 e. The number of ether oxygens (including phenoxy) is 1. The van der Waals surface area contributed by atoms with Crippen LogP contribution in [0, 0.1) is 5.92 Å². The van der Waals surface area contributed by atoms with Crippen LogP contribution in [-0.2, 0) is 16.6 Å². The molecule has 2 rings (SSSR count). The Bertz CT molecular complexity index is 979. The van der Waals surface area contributed by atoms with Crippen molar-refractivity contribution in [2.45, 2.75) is 25.3 Å². The number of benzene rings is 1. The maximum atomic E-state index is 12.3. The number of nitrogens with zero attached hydrogens (tertiary/aromatic N) is 1. The first-order valence-corrected chi connectivity index (χ1v) is 10.2. The van der Waals surface area contributed by atoms with E-state index >= 15 is 0 Å². The molecule has 1 heterocycles. The molecule has 2 aromatic rings. The van der Waals surface area contributed by atoms with Gasteiger partial charge in [0.25, 0.3) is 5.91 Å². The number of aromatic amines is 1. The van der Waals surface area contributed by atoms with Gasteiger partial charge in [0.05, 0.1) is 18.0 Å². The zero-order valence-electron chi connectivity index (χ0n) is 16.4. The van der Waals surface area contributed by atoms with Crippen molar-refractivity contribution in [1.29, 1.82) is 0 Å². The van der Waals surface area contributed by atoms with Crippen LogP contribution >= 0.6 is 0 Å². The van der Waals surface area contributed by atoms with Gasteiger partial charge in [0, 0.05) is 37.6 Å². The number of H-pyrrole nitrogens is 1. The number of aromatic nitrogens is 1. The summed E-state index contributed by atoms with van der Waals surface area (Å²) in [6.45, 7) is 4.54. The summed E-state index contributed by atoms with van der Waals surface area (Å²) in [7, 11) is -0.663. The highest BCUT2D eigenvalue weighted by atomic mass is 32.2. The van der Waals surface area contributed by atoms with Gasteiger partial charge in [0.2, 0.25) is 15.5 Å². The number of amides is 1. The van der Waals surface area contributed by atoms with E-state index in [2.05, 4.69) is 10.3 Å². The minimum atomic E-state index is -3.54. The van der Waals surface area contributed by atoms with Crippen LogP contribution in [0.25, 0.3) is 0 Å². The molecule has 0 bridgehead atoms. The number of rotatable bonds is 8. The molecule has 0 radical (unpaired) electrons. The third kappa shape index (κ3) is 5.43. The number of pyridine rings is 1. The van der Waals surface area contributed by atoms with Crippen LogP contribution in [0.15, 0.2) is 46.2 Å². The summed E-state index contributed by atoms with van der Waals surface area (Å²) in [6.07, 6.45) is 1.48. The van der Waals surface area contributed by atoms with Gasteiger partial charge >= 0.3 is 0 Å². The van der Waals surface area contributed by atoms with Crippen LogP contribution in [-0.4, -0.2) is 44.3 Å². The number of carbonyl (C=O) groups excluding carboxylic acids is 1. The molecule has 0 unspecified atom stereocenters. The molecular formula is C19H25N3O5S. The molecule has 8 nitrogen and oxygen atoms in total. The van der Waals surface area contributed by atoms with E-state index < -0.39 is 10.0 Å². The maximum absolute atomic E-state index is 12.3. The minimum absolute atomic E-state index is 0.107. The SMILES string of the molecule is CC(C)COc1c[nH]c(CNC(=O)c2ccc(S(=O)(=O)N(C)C)cc2)cc1=O. The van der Waals surface area contributed by atoms with Gasteiger partial charge < -0.3 is 15.0 Å². The van der Waals surface area contributed by atoms with Gasteiger partial charge in [-0.1, -0.05) is 13.8 Å². The van der Waals surface area contributed by atoms with Gasteiger partial charge in [-0.3, -0.25) is 9.59 Å². The van der Waals surface area contributed by atoms with Crippen LogP contribution in [0.1, 0.15) is 29.9 Å². The lowest BCUT2D eigenvalue weighted by molar-refractivity contribution is 0.0950. The van der Waals surface area contributed by atoms with Crippen LogP contribution in [0.2, 0.25) is 0 Å². The van der Waals surface area contributed by atoms with Crippen LogP contribution in [0.4, 0.5) is 0 Å². The molecule has 2 N–H and O–H groups in total. The van der Waals surface area contributed by atoms with Crippen molar-refractivity contribution >= 4 is 15.9 Å². The molecule has 152 valence electrons. The second kappa shape index (κ2) is 9.03. The molecule has 0 aliphatic rings. The summed E-state index contributed by atoms with van der Waals surface area (Å²) in [6, 6.07) is 7.03. The highest BCUT2D eigenvalue weighted by Crippen LogP contribution is 2.14. The van der Waals surface area contributed by atoms with Gasteiger partial charge in [0.1, 0.15) is 0 Å². The topological polar surface area (TPSA) is 109 Å². The first kappa shape index (κ1) is 21.6. The Morgan fingerprint density at radius 3 is 2.39 bits per heavy atom. The fourth-order valence-electron chi connectivity index (χ4n) is 2.24. The normalized spacial score (nSPS) is 11.6. The summed E-state index contributed by atoms with van der Waals surface area (Å²) in [5.74, 6) is 0.161. The van der Waals surface area contributed by atoms with E-state index in [1.54, 1.807) is 0 Å². The Balaban J connectivity index is 2.00. The first-order valence-electron chi connectivity index (χ1n) is 8.76. The molecule has 0 fully saturated rings. The average molecular weight is 407 g/mol. The van der Waals surface area contributed by atoms with E-state index in [9.17, 15) is 18.0 Å². The van der Waals surface area contributed by atoms with Crippen molar-refractivity contribution in [3.63, 3.8) is 0 Å². The molecule has 28 heavy (non-hydrogen) atoms. The van der Waals surface area contributed by atoms with Crippen molar-refractivity contribution in [1.82, 2.24) is 14.6 Å². The van der Waals surface area contributed by atoms with Crippen molar-refractivity contribution < 1.29 is 17.9 Å². The lowest BCUT2D eigenvalue weighted by Gasteiger charge is -2.12. The van der Waals surface area contributed by atoms with Gasteiger partial charge in [-0.05, 0) is 30.2 Å². The molecule has 0 saturated carbocycles. The van der Waals surface area contributed by atoms with Crippen LogP contribution in [0.3, 0.4) is 0 Å². The molecule has 0 aliphatic carbocycles. The molecule has 1 amide bonds. The average Bonchev–Trinajstić information content (AvgIpc) is 2.65. The zero-order chi connectivity index (χ0) is 20.9. The molecule has 9 heteroatoms. The van der Waals surface area contributed by atoms with E-state index in [1.807, 2.05) is 13.8 Å². The van der Waals surface area contributed by atoms with Crippen LogP contribution < -0.4 is 15.5 Å². The Hall–Kier alpha value is -2.65. The fraction of sp³-hybridized carbons (Fsp3) is 0.368. The van der Waals surface area contributed by atoms with Crippen molar-refractivity contribution in [2.24, 2.45) is 5.92 Å². The molecule has 0 saturated heterocycles. The minimum Gasteiger partial charge on any atom is -0.488 e. The summed E-state index contributed by atoms with van der Waals surface area (Å²) in [5.41, 5.74) is 0.584. The predicted octanol–water partition coefficient (Wildman–Crippen LogP) is 1.59. The van der Waals surface area contributed by atoms with E-state index in [0.29, 0.717) is 23.8 Å². The lowest BCUT2D eigenvalue weighted by Crippen LogP contribution is -2.25. The Morgan fingerprint density at radius 2 is 1.86 bits per heavy atom. The summed E-state index contributed by atoms with van der Waals surface area (Å²) < 4.78 is 30.6. The summed E-state index contributed by atoms with van der Waals surface area (Å²) in [5, 5.41) is 2.68. The second-order valence-electron chi connectivity index (χ2n) is 6.89. The summed E-state index contributed by atoms with van der Waals surface area (Å²) in [4.78, 5) is 27.3. The molecule has 1 aromatic heterocycles. The molecule has 0 aliphatic heterocycles. The maximum Gasteiger partial charge on any atom is 0.251 e. The zero-order valence-corrected chi connectivity index (χ0v) is 17.2. The highest BCUT2D eigenvalue weighted by Gasteiger charge is 2.17. The number of sulfonamides is 1. The van der Waals surface area contributed by atoms with E-state index in [0.717, 1.165) is 4.31 Å². The van der Waals surface area contributed by atoms with Gasteiger partial charge in [-0.15, -0.1) is 0 Å². The number of hydrogen-bond donors (Lipinski definition) is 2. The predicted molar refractivity (Wildman–Crippen MR) is 106 cm³/mol. The quantitative estimate of drug-likeness (QED) is 0.691.